The molecule has 0 saturated carbocycles. The minimum Gasteiger partial charge on any atom is -0.347 e. The molecule has 1 fully saturated rings. The SMILES string of the molecule is CN1/C(=C\C(=O)CSc2nnc(CC3CCS(=O)(=O)C3)n2C)C(C)(C)c2ccccc21. The number of thioether (sulfide) groups is 1. The van der Waals surface area contributed by atoms with E-state index in [9.17, 15) is 13.2 Å². The van der Waals surface area contributed by atoms with Gasteiger partial charge in [0.1, 0.15) is 5.82 Å². The molecule has 4 rings (SSSR count). The fraction of sp³-hybridized carbons (Fsp3) is 0.500. The average molecular weight is 461 g/mol. The van der Waals surface area contributed by atoms with Gasteiger partial charge in [0.05, 0.1) is 17.3 Å². The number of para-hydroxylation sites is 1. The van der Waals surface area contributed by atoms with Crippen molar-refractivity contribution in [3.8, 4) is 0 Å². The van der Waals surface area contributed by atoms with Gasteiger partial charge in [0.15, 0.2) is 20.8 Å². The van der Waals surface area contributed by atoms with Gasteiger partial charge in [0, 0.05) is 43.4 Å². The molecule has 0 aliphatic carbocycles. The lowest BCUT2D eigenvalue weighted by atomic mass is 9.83. The van der Waals surface area contributed by atoms with Crippen LogP contribution in [0.15, 0.2) is 41.2 Å². The van der Waals surface area contributed by atoms with Crippen molar-refractivity contribution in [1.82, 2.24) is 14.8 Å². The van der Waals surface area contributed by atoms with Gasteiger partial charge in [-0.2, -0.15) is 0 Å². The Labute approximate surface area is 187 Å². The summed E-state index contributed by atoms with van der Waals surface area (Å²) in [6, 6.07) is 8.23. The minimum atomic E-state index is -2.91. The van der Waals surface area contributed by atoms with Gasteiger partial charge in [-0.1, -0.05) is 43.8 Å². The van der Waals surface area contributed by atoms with Gasteiger partial charge in [0.25, 0.3) is 0 Å². The van der Waals surface area contributed by atoms with Crippen molar-refractivity contribution in [2.75, 3.05) is 29.2 Å². The van der Waals surface area contributed by atoms with E-state index in [0.29, 0.717) is 18.0 Å². The molecule has 0 N–H and O–H groups in total. The number of benzene rings is 1. The molecule has 2 aliphatic heterocycles. The van der Waals surface area contributed by atoms with Gasteiger partial charge in [-0.15, -0.1) is 10.2 Å². The van der Waals surface area contributed by atoms with Crippen LogP contribution in [0.2, 0.25) is 0 Å². The number of nitrogens with zero attached hydrogens (tertiary/aromatic N) is 4. The Balaban J connectivity index is 1.41. The van der Waals surface area contributed by atoms with Crippen LogP contribution in [0.25, 0.3) is 0 Å². The second kappa shape index (κ2) is 8.09. The molecule has 166 valence electrons. The molecule has 1 atom stereocenters. The Kier molecular flexibility index (Phi) is 5.76. The molecule has 2 aromatic rings. The molecule has 0 bridgehead atoms. The predicted molar refractivity (Wildman–Crippen MR) is 123 cm³/mol. The van der Waals surface area contributed by atoms with E-state index in [1.807, 2.05) is 30.8 Å². The fourth-order valence-electron chi connectivity index (χ4n) is 4.53. The Hall–Kier alpha value is -2.13. The zero-order valence-electron chi connectivity index (χ0n) is 18.3. The predicted octanol–water partition coefficient (Wildman–Crippen LogP) is 2.77. The molecule has 3 heterocycles. The summed E-state index contributed by atoms with van der Waals surface area (Å²) in [4.78, 5) is 14.9. The highest BCUT2D eigenvalue weighted by Gasteiger charge is 2.38. The summed E-state index contributed by atoms with van der Waals surface area (Å²) in [6.45, 7) is 4.28. The molecule has 31 heavy (non-hydrogen) atoms. The zero-order chi connectivity index (χ0) is 22.4. The van der Waals surface area contributed by atoms with Crippen molar-refractivity contribution in [3.63, 3.8) is 0 Å². The quantitative estimate of drug-likeness (QED) is 0.484. The van der Waals surface area contributed by atoms with Crippen LogP contribution in [-0.4, -0.2) is 53.3 Å². The maximum Gasteiger partial charge on any atom is 0.191 e. The number of allylic oxidation sites excluding steroid dienone is 2. The number of aromatic nitrogens is 3. The van der Waals surface area contributed by atoms with Crippen molar-refractivity contribution >= 4 is 33.1 Å². The van der Waals surface area contributed by atoms with Crippen molar-refractivity contribution in [2.24, 2.45) is 13.0 Å². The molecule has 7 nitrogen and oxygen atoms in total. The number of hydrogen-bond donors (Lipinski definition) is 0. The van der Waals surface area contributed by atoms with Crippen LogP contribution < -0.4 is 4.90 Å². The van der Waals surface area contributed by atoms with Gasteiger partial charge < -0.3 is 9.47 Å². The van der Waals surface area contributed by atoms with E-state index >= 15 is 0 Å². The summed E-state index contributed by atoms with van der Waals surface area (Å²) < 4.78 is 25.2. The van der Waals surface area contributed by atoms with Crippen LogP contribution in [0.3, 0.4) is 0 Å². The van der Waals surface area contributed by atoms with Crippen molar-refractivity contribution in [3.05, 3.63) is 47.4 Å². The van der Waals surface area contributed by atoms with Gasteiger partial charge in [-0.25, -0.2) is 8.42 Å². The van der Waals surface area contributed by atoms with E-state index in [2.05, 4.69) is 41.1 Å². The third kappa shape index (κ3) is 4.30. The Morgan fingerprint density at radius 1 is 1.26 bits per heavy atom. The van der Waals surface area contributed by atoms with E-state index in [-0.39, 0.29) is 34.4 Å². The molecule has 0 amide bonds. The topological polar surface area (TPSA) is 85.2 Å². The van der Waals surface area contributed by atoms with Crippen molar-refractivity contribution < 1.29 is 13.2 Å². The van der Waals surface area contributed by atoms with Crippen LogP contribution in [-0.2, 0) is 33.5 Å². The number of carbonyl (C=O) groups is 1. The first kappa shape index (κ1) is 22.1. The summed E-state index contributed by atoms with van der Waals surface area (Å²) in [6.07, 6.45) is 3.02. The number of anilines is 1. The third-order valence-electron chi connectivity index (χ3n) is 6.30. The zero-order valence-corrected chi connectivity index (χ0v) is 20.0. The number of hydrogen-bond acceptors (Lipinski definition) is 7. The third-order valence-corrected chi connectivity index (χ3v) is 9.18. The van der Waals surface area contributed by atoms with Gasteiger partial charge in [-0.05, 0) is 24.0 Å². The molecule has 1 saturated heterocycles. The first-order chi connectivity index (χ1) is 14.6. The maximum atomic E-state index is 12.8. The largest absolute Gasteiger partial charge is 0.347 e. The van der Waals surface area contributed by atoms with Gasteiger partial charge in [-0.3, -0.25) is 4.79 Å². The number of rotatable bonds is 6. The van der Waals surface area contributed by atoms with Crippen LogP contribution in [0, 0.1) is 5.92 Å². The Morgan fingerprint density at radius 2 is 2.00 bits per heavy atom. The van der Waals surface area contributed by atoms with Crippen molar-refractivity contribution in [2.45, 2.75) is 37.3 Å². The summed E-state index contributed by atoms with van der Waals surface area (Å²) in [5.74, 6) is 1.64. The van der Waals surface area contributed by atoms with E-state index in [1.54, 1.807) is 6.08 Å². The minimum absolute atomic E-state index is 0.0270. The molecule has 1 aromatic carbocycles. The normalized spacial score (nSPS) is 22.8. The number of fused-ring (bicyclic) bond motifs is 1. The molecule has 2 aliphatic rings. The Morgan fingerprint density at radius 3 is 2.68 bits per heavy atom. The molecule has 0 spiro atoms. The smallest absolute Gasteiger partial charge is 0.191 e. The van der Waals surface area contributed by atoms with Crippen LogP contribution in [0.5, 0.6) is 0 Å². The molecule has 1 aromatic heterocycles. The molecular formula is C22H28N4O3S2. The number of carbonyl (C=O) groups excluding carboxylic acids is 1. The van der Waals surface area contributed by atoms with Crippen LogP contribution >= 0.6 is 11.8 Å². The van der Waals surface area contributed by atoms with Crippen LogP contribution in [0.4, 0.5) is 5.69 Å². The number of likely N-dealkylation sites (N-methyl/N-ethyl adjacent to an activating group) is 1. The van der Waals surface area contributed by atoms with Gasteiger partial charge >= 0.3 is 0 Å². The lowest BCUT2D eigenvalue weighted by Gasteiger charge is -2.23. The molecule has 0 radical (unpaired) electrons. The molecule has 9 heteroatoms. The first-order valence-electron chi connectivity index (χ1n) is 10.4. The van der Waals surface area contributed by atoms with Gasteiger partial charge in [0.2, 0.25) is 0 Å². The molecule has 1 unspecified atom stereocenters. The number of ketones is 1. The van der Waals surface area contributed by atoms with E-state index in [4.69, 9.17) is 0 Å². The highest BCUT2D eigenvalue weighted by atomic mass is 32.2. The lowest BCUT2D eigenvalue weighted by molar-refractivity contribution is -0.112. The second-order valence-electron chi connectivity index (χ2n) is 8.92. The van der Waals surface area contributed by atoms with Crippen LogP contribution in [0.1, 0.15) is 31.7 Å². The van der Waals surface area contributed by atoms with E-state index in [0.717, 1.165) is 17.2 Å². The average Bonchev–Trinajstić information content (AvgIpc) is 3.30. The van der Waals surface area contributed by atoms with Crippen molar-refractivity contribution in [1.29, 1.82) is 0 Å². The lowest BCUT2D eigenvalue weighted by Crippen LogP contribution is -2.24. The summed E-state index contributed by atoms with van der Waals surface area (Å²) >= 11 is 1.36. The summed E-state index contributed by atoms with van der Waals surface area (Å²) in [5.41, 5.74) is 3.10. The highest BCUT2D eigenvalue weighted by Crippen LogP contribution is 2.46. The summed E-state index contributed by atoms with van der Waals surface area (Å²) in [7, 11) is 0.961. The standard InChI is InChI=1S/C22H28N4O3S2/c1-22(2)17-7-5-6-8-18(17)25(3)19(22)12-16(27)13-30-21-24-23-20(26(21)4)11-15-9-10-31(28,29)14-15/h5-8,12,15H,9-11,13-14H2,1-4H3/b19-12-. The second-order valence-corrected chi connectivity index (χ2v) is 12.1. The Bertz CT molecular complexity index is 1150. The van der Waals surface area contributed by atoms with E-state index in [1.165, 1.54) is 17.3 Å². The maximum absolute atomic E-state index is 12.8. The van der Waals surface area contributed by atoms with E-state index < -0.39 is 9.84 Å². The summed E-state index contributed by atoms with van der Waals surface area (Å²) in [5, 5.41) is 9.12. The first-order valence-corrected chi connectivity index (χ1v) is 13.2. The monoisotopic (exact) mass is 460 g/mol. The highest BCUT2D eigenvalue weighted by molar-refractivity contribution is 7.99. The fourth-order valence-corrected chi connectivity index (χ4v) is 7.14. The number of sulfone groups is 1. The molecular weight excluding hydrogens is 432 g/mol.